The molecular weight excluding hydrogens is 522 g/mol. The highest BCUT2D eigenvalue weighted by Crippen LogP contribution is 2.26. The van der Waals surface area contributed by atoms with Crippen LogP contribution in [0.25, 0.3) is 0 Å². The first-order valence-corrected chi connectivity index (χ1v) is 15.4. The van der Waals surface area contributed by atoms with E-state index in [1.165, 1.54) is 17.0 Å². The van der Waals surface area contributed by atoms with Gasteiger partial charge in [-0.15, -0.1) is 0 Å². The Morgan fingerprint density at radius 1 is 0.850 bits per heavy atom. The zero-order valence-electron chi connectivity index (χ0n) is 23.9. The summed E-state index contributed by atoms with van der Waals surface area (Å²) < 4.78 is 28.9. The van der Waals surface area contributed by atoms with Gasteiger partial charge in [-0.2, -0.15) is 0 Å². The fraction of sp³-hybridized carbons (Fsp3) is 0.375. The first-order chi connectivity index (χ1) is 19.2. The van der Waals surface area contributed by atoms with Crippen molar-refractivity contribution in [2.75, 3.05) is 23.9 Å². The second kappa shape index (κ2) is 14.7. The van der Waals surface area contributed by atoms with E-state index in [4.69, 9.17) is 0 Å². The predicted octanol–water partition coefficient (Wildman–Crippen LogP) is 5.38. The van der Waals surface area contributed by atoms with Crippen LogP contribution in [-0.2, 0) is 26.0 Å². The van der Waals surface area contributed by atoms with Gasteiger partial charge in [-0.25, -0.2) is 8.42 Å². The maximum Gasteiger partial charge on any atom is 0.264 e. The second-order valence-electron chi connectivity index (χ2n) is 10.1. The monoisotopic (exact) mass is 563 g/mol. The van der Waals surface area contributed by atoms with E-state index in [9.17, 15) is 18.0 Å². The van der Waals surface area contributed by atoms with Crippen LogP contribution in [0.1, 0.15) is 57.6 Å². The standard InChI is InChI=1S/C32H41N3O4S/c1-5-22-33-32(37)30(6-2)34(23-21-26-13-9-7-10-14-26)31(36)24-35(28-19-17-27(18-20-28)25(3)4)40(38,39)29-15-11-8-12-16-29/h7-20,25,30H,5-6,21-24H2,1-4H3,(H,33,37)/t30-/m1/s1. The molecule has 2 amide bonds. The molecule has 0 unspecified atom stereocenters. The Kier molecular flexibility index (Phi) is 11.3. The van der Waals surface area contributed by atoms with Gasteiger partial charge in [0, 0.05) is 13.1 Å². The minimum Gasteiger partial charge on any atom is -0.354 e. The predicted molar refractivity (Wildman–Crippen MR) is 161 cm³/mol. The quantitative estimate of drug-likeness (QED) is 0.285. The first-order valence-electron chi connectivity index (χ1n) is 14.0. The summed E-state index contributed by atoms with van der Waals surface area (Å²) in [4.78, 5) is 28.8. The summed E-state index contributed by atoms with van der Waals surface area (Å²) in [5.41, 5.74) is 2.49. The molecule has 0 heterocycles. The molecule has 0 radical (unpaired) electrons. The van der Waals surface area contributed by atoms with Gasteiger partial charge in [-0.1, -0.05) is 88.4 Å². The minimum absolute atomic E-state index is 0.0966. The molecule has 0 aliphatic heterocycles. The Labute approximate surface area is 239 Å². The summed E-state index contributed by atoms with van der Waals surface area (Å²) in [7, 11) is -4.06. The topological polar surface area (TPSA) is 86.8 Å². The summed E-state index contributed by atoms with van der Waals surface area (Å²) in [6.45, 7) is 8.33. The molecule has 8 heteroatoms. The average Bonchev–Trinajstić information content (AvgIpc) is 2.97. The second-order valence-corrected chi connectivity index (χ2v) is 12.0. The van der Waals surface area contributed by atoms with Crippen LogP contribution in [0.5, 0.6) is 0 Å². The molecule has 0 saturated heterocycles. The third kappa shape index (κ3) is 7.94. The van der Waals surface area contributed by atoms with Crippen LogP contribution in [0.3, 0.4) is 0 Å². The van der Waals surface area contributed by atoms with Crippen LogP contribution in [0.2, 0.25) is 0 Å². The maximum absolute atomic E-state index is 14.0. The van der Waals surface area contributed by atoms with Gasteiger partial charge in [0.1, 0.15) is 12.6 Å². The minimum atomic E-state index is -4.06. The number of hydrogen-bond acceptors (Lipinski definition) is 4. The van der Waals surface area contributed by atoms with E-state index in [0.29, 0.717) is 25.1 Å². The van der Waals surface area contributed by atoms with Crippen LogP contribution in [0.15, 0.2) is 89.8 Å². The number of rotatable bonds is 14. The van der Waals surface area contributed by atoms with Crippen molar-refractivity contribution >= 4 is 27.5 Å². The molecule has 0 bridgehead atoms. The van der Waals surface area contributed by atoms with Crippen molar-refractivity contribution in [1.29, 1.82) is 0 Å². The smallest absolute Gasteiger partial charge is 0.264 e. The SMILES string of the molecule is CCCNC(=O)[C@@H](CC)N(CCc1ccccc1)C(=O)CN(c1ccc(C(C)C)cc1)S(=O)(=O)c1ccccc1. The normalized spacial score (nSPS) is 12.1. The number of carbonyl (C=O) groups excluding carboxylic acids is 2. The van der Waals surface area contributed by atoms with Gasteiger partial charge in [0.25, 0.3) is 10.0 Å². The van der Waals surface area contributed by atoms with E-state index >= 15 is 0 Å². The number of carbonyl (C=O) groups is 2. The maximum atomic E-state index is 14.0. The van der Waals surface area contributed by atoms with Gasteiger partial charge in [-0.05, 0) is 60.6 Å². The largest absolute Gasteiger partial charge is 0.354 e. The highest BCUT2D eigenvalue weighted by Gasteiger charge is 2.33. The molecule has 1 N–H and O–H groups in total. The van der Waals surface area contributed by atoms with Crippen molar-refractivity contribution < 1.29 is 18.0 Å². The first kappa shape index (κ1) is 30.9. The van der Waals surface area contributed by atoms with Gasteiger partial charge in [0.2, 0.25) is 11.8 Å². The Morgan fingerprint density at radius 2 is 1.45 bits per heavy atom. The molecule has 0 saturated carbocycles. The molecule has 1 atom stereocenters. The molecule has 0 aliphatic rings. The Morgan fingerprint density at radius 3 is 2.00 bits per heavy atom. The molecule has 3 rings (SSSR count). The van der Waals surface area contributed by atoms with Gasteiger partial charge in [-0.3, -0.25) is 13.9 Å². The van der Waals surface area contributed by atoms with Crippen molar-refractivity contribution in [1.82, 2.24) is 10.2 Å². The molecule has 7 nitrogen and oxygen atoms in total. The van der Waals surface area contributed by atoms with Crippen LogP contribution < -0.4 is 9.62 Å². The van der Waals surface area contributed by atoms with E-state index < -0.39 is 28.5 Å². The number of hydrogen-bond donors (Lipinski definition) is 1. The molecule has 0 aliphatic carbocycles. The van der Waals surface area contributed by atoms with E-state index in [1.54, 1.807) is 30.3 Å². The molecule has 3 aromatic carbocycles. The zero-order chi connectivity index (χ0) is 29.1. The van der Waals surface area contributed by atoms with Gasteiger partial charge >= 0.3 is 0 Å². The number of nitrogens with one attached hydrogen (secondary N) is 1. The third-order valence-corrected chi connectivity index (χ3v) is 8.67. The molecule has 0 spiro atoms. The average molecular weight is 564 g/mol. The van der Waals surface area contributed by atoms with Gasteiger partial charge in [0.05, 0.1) is 10.6 Å². The summed E-state index contributed by atoms with van der Waals surface area (Å²) >= 11 is 0. The van der Waals surface area contributed by atoms with Gasteiger partial charge in [0.15, 0.2) is 0 Å². The van der Waals surface area contributed by atoms with E-state index in [0.717, 1.165) is 21.9 Å². The number of nitrogens with zero attached hydrogens (tertiary/aromatic N) is 2. The molecule has 3 aromatic rings. The Bertz CT molecular complexity index is 1330. The lowest BCUT2D eigenvalue weighted by Crippen LogP contribution is -2.53. The van der Waals surface area contributed by atoms with Crippen molar-refractivity contribution in [2.24, 2.45) is 0 Å². The van der Waals surface area contributed by atoms with Crippen LogP contribution in [-0.4, -0.2) is 50.8 Å². The highest BCUT2D eigenvalue weighted by molar-refractivity contribution is 7.92. The van der Waals surface area contributed by atoms with E-state index in [2.05, 4.69) is 19.2 Å². The Balaban J connectivity index is 2.00. The number of sulfonamides is 1. The summed E-state index contributed by atoms with van der Waals surface area (Å²) in [6, 6.07) is 24.4. The van der Waals surface area contributed by atoms with Crippen LogP contribution in [0.4, 0.5) is 5.69 Å². The molecule has 214 valence electrons. The van der Waals surface area contributed by atoms with Crippen LogP contribution in [0, 0.1) is 0 Å². The molecule has 40 heavy (non-hydrogen) atoms. The number of amides is 2. The van der Waals surface area contributed by atoms with Crippen molar-refractivity contribution in [3.8, 4) is 0 Å². The number of benzene rings is 3. The Hall–Kier alpha value is -3.65. The zero-order valence-corrected chi connectivity index (χ0v) is 24.7. The van der Waals surface area contributed by atoms with Crippen molar-refractivity contribution in [2.45, 2.75) is 63.8 Å². The van der Waals surface area contributed by atoms with Gasteiger partial charge < -0.3 is 10.2 Å². The number of anilines is 1. The summed E-state index contributed by atoms with van der Waals surface area (Å²) in [6.07, 6.45) is 1.72. The van der Waals surface area contributed by atoms with E-state index in [1.807, 2.05) is 56.3 Å². The lowest BCUT2D eigenvalue weighted by atomic mass is 10.0. The third-order valence-electron chi connectivity index (χ3n) is 6.88. The molecular formula is C32H41N3O4S. The molecule has 0 fully saturated rings. The lowest BCUT2D eigenvalue weighted by molar-refractivity contribution is -0.139. The highest BCUT2D eigenvalue weighted by atomic mass is 32.2. The van der Waals surface area contributed by atoms with E-state index in [-0.39, 0.29) is 23.3 Å². The fourth-order valence-corrected chi connectivity index (χ4v) is 5.97. The fourth-order valence-electron chi connectivity index (χ4n) is 4.54. The van der Waals surface area contributed by atoms with Crippen molar-refractivity contribution in [3.05, 3.63) is 96.1 Å². The summed E-state index contributed by atoms with van der Waals surface area (Å²) in [5, 5.41) is 2.91. The van der Waals surface area contributed by atoms with Crippen LogP contribution >= 0.6 is 0 Å². The van der Waals surface area contributed by atoms with Crippen molar-refractivity contribution in [3.63, 3.8) is 0 Å². The summed E-state index contributed by atoms with van der Waals surface area (Å²) in [5.74, 6) is -0.387. The lowest BCUT2D eigenvalue weighted by Gasteiger charge is -2.33. The molecule has 0 aromatic heterocycles.